The summed E-state index contributed by atoms with van der Waals surface area (Å²) in [4.78, 5) is 3.35. The van der Waals surface area contributed by atoms with E-state index in [0.717, 1.165) is 21.2 Å². The van der Waals surface area contributed by atoms with Crippen LogP contribution in [-0.2, 0) is 14.9 Å². The van der Waals surface area contributed by atoms with E-state index in [1.807, 2.05) is 42.5 Å². The minimum absolute atomic E-state index is 0.756. The molecule has 0 saturated heterocycles. The zero-order chi connectivity index (χ0) is 18.2. The normalized spacial score (nSPS) is 10.1. The Bertz CT molecular complexity index is 837. The van der Waals surface area contributed by atoms with Crippen LogP contribution in [-0.4, -0.2) is 0 Å². The molecule has 0 bridgehead atoms. The molecule has 4 N–H and O–H groups in total. The van der Waals surface area contributed by atoms with E-state index in [0.29, 0.717) is 0 Å². The van der Waals surface area contributed by atoms with Crippen molar-refractivity contribution >= 4 is 33.3 Å². The maximum absolute atomic E-state index is 5.94. The Labute approximate surface area is 165 Å². The van der Waals surface area contributed by atoms with Crippen LogP contribution < -0.4 is 11.5 Å². The van der Waals surface area contributed by atoms with Gasteiger partial charge in [0.15, 0.2) is 0 Å². The van der Waals surface area contributed by atoms with E-state index in [1.165, 1.54) is 26.2 Å². The average molecular weight is 417 g/mol. The molecule has 3 rings (SSSR count). The fourth-order valence-electron chi connectivity index (χ4n) is 2.06. The van der Waals surface area contributed by atoms with Crippen LogP contribution in [0.1, 0.15) is 11.1 Å². The van der Waals surface area contributed by atoms with E-state index >= 15 is 0 Å². The molecular formula is C20H21CuN2S2. The first-order valence-electron chi connectivity index (χ1n) is 7.71. The second-order valence-electron chi connectivity index (χ2n) is 5.44. The third kappa shape index (κ3) is 5.75. The Morgan fingerprint density at radius 3 is 1.72 bits per heavy atom. The average Bonchev–Trinajstić information content (AvgIpc) is 2.62. The Morgan fingerprint density at radius 2 is 1.20 bits per heavy atom. The molecular weight excluding hydrogens is 396 g/mol. The SMILES string of the molecule is Cc1cccc(Sc2ccccc2N)c1C.Nc1ccccc1[S][Cu]. The van der Waals surface area contributed by atoms with Crippen LogP contribution in [0, 0.1) is 13.8 Å². The van der Waals surface area contributed by atoms with Gasteiger partial charge in [0.25, 0.3) is 0 Å². The standard InChI is InChI=1S/C14H15NS.C6H7NS.Cu/c1-10-6-5-9-13(11(10)2)16-14-8-4-3-7-12(14)15;7-5-3-1-2-4-6(5)8;/h3-9H,15H2,1-2H3;1-4,8H,7H2;/q;;+1/p-1. The zero-order valence-electron chi connectivity index (χ0n) is 14.1. The molecule has 0 saturated carbocycles. The molecule has 0 aliphatic rings. The van der Waals surface area contributed by atoms with Crippen molar-refractivity contribution in [2.24, 2.45) is 0 Å². The number of benzene rings is 3. The van der Waals surface area contributed by atoms with E-state index in [-0.39, 0.29) is 0 Å². The van der Waals surface area contributed by atoms with Crippen LogP contribution in [0.15, 0.2) is 81.4 Å². The summed E-state index contributed by atoms with van der Waals surface area (Å²) in [6.45, 7) is 4.28. The zero-order valence-corrected chi connectivity index (χ0v) is 16.7. The third-order valence-corrected chi connectivity index (χ3v) is 6.06. The molecule has 0 aromatic heterocycles. The fourth-order valence-corrected chi connectivity index (χ4v) is 3.88. The summed E-state index contributed by atoms with van der Waals surface area (Å²) in [5, 5.41) is 0. The second kappa shape index (κ2) is 9.83. The van der Waals surface area contributed by atoms with Crippen molar-refractivity contribution in [1.29, 1.82) is 0 Å². The van der Waals surface area contributed by atoms with Gasteiger partial charge in [0.05, 0.1) is 0 Å². The van der Waals surface area contributed by atoms with Crippen molar-refractivity contribution < 1.29 is 14.9 Å². The molecule has 0 unspecified atom stereocenters. The van der Waals surface area contributed by atoms with Gasteiger partial charge >= 0.3 is 65.7 Å². The molecule has 25 heavy (non-hydrogen) atoms. The van der Waals surface area contributed by atoms with Gasteiger partial charge in [-0.1, -0.05) is 36.0 Å². The number of para-hydroxylation sites is 2. The number of hydrogen-bond donors (Lipinski definition) is 2. The summed E-state index contributed by atoms with van der Waals surface area (Å²) < 4.78 is 0. The number of anilines is 2. The van der Waals surface area contributed by atoms with Crippen LogP contribution in [0.25, 0.3) is 0 Å². The molecule has 2 nitrogen and oxygen atoms in total. The van der Waals surface area contributed by atoms with Crippen molar-refractivity contribution in [1.82, 2.24) is 0 Å². The van der Waals surface area contributed by atoms with Gasteiger partial charge in [-0.25, -0.2) is 0 Å². The number of hydrogen-bond acceptors (Lipinski definition) is 4. The first-order valence-corrected chi connectivity index (χ1v) is 10.3. The van der Waals surface area contributed by atoms with Gasteiger partial charge in [-0.15, -0.1) is 0 Å². The van der Waals surface area contributed by atoms with Gasteiger partial charge in [-0.2, -0.15) is 0 Å². The van der Waals surface area contributed by atoms with E-state index in [2.05, 4.69) is 38.1 Å². The molecule has 0 aliphatic heterocycles. The van der Waals surface area contributed by atoms with Gasteiger partial charge in [0.1, 0.15) is 0 Å². The predicted molar refractivity (Wildman–Crippen MR) is 108 cm³/mol. The van der Waals surface area contributed by atoms with Crippen molar-refractivity contribution in [3.05, 3.63) is 77.9 Å². The molecule has 0 atom stereocenters. The van der Waals surface area contributed by atoms with E-state index in [9.17, 15) is 0 Å². The van der Waals surface area contributed by atoms with Gasteiger partial charge in [0, 0.05) is 15.5 Å². The van der Waals surface area contributed by atoms with Gasteiger partial charge in [-0.05, 0) is 43.2 Å². The third-order valence-electron chi connectivity index (χ3n) is 3.68. The molecule has 5 heteroatoms. The minimum atomic E-state index is 0.756. The van der Waals surface area contributed by atoms with Crippen molar-refractivity contribution in [2.75, 3.05) is 11.5 Å². The quantitative estimate of drug-likeness (QED) is 0.414. The predicted octanol–water partition coefficient (Wildman–Crippen LogP) is 5.86. The summed E-state index contributed by atoms with van der Waals surface area (Å²) in [5.41, 5.74) is 15.7. The number of aryl methyl sites for hydroxylation is 1. The van der Waals surface area contributed by atoms with Crippen LogP contribution >= 0.6 is 21.9 Å². The maximum atomic E-state index is 5.94. The van der Waals surface area contributed by atoms with Crippen molar-refractivity contribution in [3.63, 3.8) is 0 Å². The first-order chi connectivity index (χ1) is 12.0. The molecule has 0 aliphatic carbocycles. The second-order valence-corrected chi connectivity index (χ2v) is 7.66. The Kier molecular flexibility index (Phi) is 7.79. The molecule has 0 spiro atoms. The van der Waals surface area contributed by atoms with Crippen molar-refractivity contribution in [3.8, 4) is 0 Å². The summed E-state index contributed by atoms with van der Waals surface area (Å²) in [6, 6.07) is 21.9. The number of nitrogen functional groups attached to an aromatic ring is 2. The monoisotopic (exact) mass is 416 g/mol. The van der Waals surface area contributed by atoms with Crippen molar-refractivity contribution in [2.45, 2.75) is 28.5 Å². The van der Waals surface area contributed by atoms with Crippen LogP contribution in [0.4, 0.5) is 11.4 Å². The van der Waals surface area contributed by atoms with Gasteiger partial charge < -0.3 is 5.73 Å². The molecule has 0 fully saturated rings. The van der Waals surface area contributed by atoms with E-state index in [4.69, 9.17) is 26.4 Å². The van der Waals surface area contributed by atoms with Gasteiger partial charge in [-0.3, -0.25) is 0 Å². The molecule has 3 aromatic carbocycles. The first kappa shape index (κ1) is 19.8. The summed E-state index contributed by atoms with van der Waals surface area (Å²) in [7, 11) is 1.23. The molecule has 0 radical (unpaired) electrons. The van der Waals surface area contributed by atoms with Crippen LogP contribution in [0.3, 0.4) is 0 Å². The molecule has 3 aromatic rings. The fraction of sp³-hybridized carbons (Fsp3) is 0.100. The summed E-state index contributed by atoms with van der Waals surface area (Å²) in [6.07, 6.45) is 0. The number of nitrogens with two attached hydrogens (primary N) is 2. The molecule has 0 amide bonds. The Morgan fingerprint density at radius 1 is 0.680 bits per heavy atom. The van der Waals surface area contributed by atoms with Gasteiger partial charge in [0.2, 0.25) is 0 Å². The Hall–Kier alpha value is -1.52. The van der Waals surface area contributed by atoms with E-state index in [1.54, 1.807) is 11.8 Å². The van der Waals surface area contributed by atoms with E-state index < -0.39 is 0 Å². The molecule has 134 valence electrons. The van der Waals surface area contributed by atoms with Crippen LogP contribution in [0.5, 0.6) is 0 Å². The summed E-state index contributed by atoms with van der Waals surface area (Å²) in [5.74, 6) is 0. The number of rotatable bonds is 3. The molecule has 0 heterocycles. The topological polar surface area (TPSA) is 52.0 Å². The summed E-state index contributed by atoms with van der Waals surface area (Å²) >= 11 is 6.61. The van der Waals surface area contributed by atoms with Crippen LogP contribution in [0.2, 0.25) is 0 Å². The Balaban J connectivity index is 0.000000212.